The summed E-state index contributed by atoms with van der Waals surface area (Å²) in [5.74, 6) is 1.52. The van der Waals surface area contributed by atoms with Gasteiger partial charge in [0.1, 0.15) is 35.5 Å². The summed E-state index contributed by atoms with van der Waals surface area (Å²) in [6.45, 7) is 6.29. The number of amides is 1. The van der Waals surface area contributed by atoms with Crippen LogP contribution in [0.4, 0.5) is 15.9 Å². The summed E-state index contributed by atoms with van der Waals surface area (Å²) in [5, 5.41) is 7.20. The lowest BCUT2D eigenvalue weighted by molar-refractivity contribution is -0.126. The molecular formula is C30H27FN8O2. The van der Waals surface area contributed by atoms with Gasteiger partial charge >= 0.3 is 0 Å². The zero-order valence-electron chi connectivity index (χ0n) is 22.4. The fourth-order valence-corrected chi connectivity index (χ4v) is 6.16. The molecular weight excluding hydrogens is 523 g/mol. The Balaban J connectivity index is 1.14. The molecule has 0 bridgehead atoms. The third-order valence-corrected chi connectivity index (χ3v) is 8.18. The van der Waals surface area contributed by atoms with Gasteiger partial charge in [0.25, 0.3) is 0 Å². The van der Waals surface area contributed by atoms with Crippen LogP contribution in [0.3, 0.4) is 0 Å². The first-order chi connectivity index (χ1) is 20.0. The van der Waals surface area contributed by atoms with Gasteiger partial charge in [0.2, 0.25) is 5.91 Å². The van der Waals surface area contributed by atoms with E-state index >= 15 is 4.39 Å². The molecule has 2 aliphatic rings. The number of rotatable bonds is 6. The smallest absolute Gasteiger partial charge is 0.246 e. The van der Waals surface area contributed by atoms with Crippen molar-refractivity contribution in [3.05, 3.63) is 85.0 Å². The number of nitrogens with one attached hydrogen (secondary N) is 1. The van der Waals surface area contributed by atoms with Crippen LogP contribution in [-0.2, 0) is 4.79 Å². The molecule has 5 heterocycles. The van der Waals surface area contributed by atoms with Crippen molar-refractivity contribution in [2.75, 3.05) is 11.9 Å². The molecule has 2 fully saturated rings. The van der Waals surface area contributed by atoms with Crippen molar-refractivity contribution in [2.45, 2.75) is 38.1 Å². The number of halogens is 1. The number of carbonyl (C=O) groups excluding carboxylic acids is 1. The summed E-state index contributed by atoms with van der Waals surface area (Å²) >= 11 is 0. The molecule has 3 atom stereocenters. The van der Waals surface area contributed by atoms with Crippen LogP contribution in [0.25, 0.3) is 16.7 Å². The van der Waals surface area contributed by atoms with Crippen LogP contribution in [-0.4, -0.2) is 52.9 Å². The van der Waals surface area contributed by atoms with Crippen molar-refractivity contribution in [3.8, 4) is 11.5 Å². The van der Waals surface area contributed by atoms with Crippen LogP contribution in [0.15, 0.2) is 67.9 Å². The predicted octanol–water partition coefficient (Wildman–Crippen LogP) is 5.33. The summed E-state index contributed by atoms with van der Waals surface area (Å²) in [6.07, 6.45) is 8.85. The van der Waals surface area contributed by atoms with Crippen molar-refractivity contribution in [1.29, 1.82) is 0 Å². The molecule has 11 heteroatoms. The first-order valence-corrected chi connectivity index (χ1v) is 13.6. The molecule has 1 saturated carbocycles. The molecule has 206 valence electrons. The van der Waals surface area contributed by atoms with Crippen molar-refractivity contribution < 1.29 is 13.9 Å². The van der Waals surface area contributed by atoms with Crippen molar-refractivity contribution in [1.82, 2.24) is 34.4 Å². The van der Waals surface area contributed by atoms with Crippen LogP contribution in [0.1, 0.15) is 36.4 Å². The maximum Gasteiger partial charge on any atom is 0.246 e. The number of aromatic nitrogens is 6. The molecule has 4 aromatic heterocycles. The number of hydrogen-bond donors (Lipinski definition) is 1. The third-order valence-electron chi connectivity index (χ3n) is 8.18. The number of fused-ring (bicyclic) bond motifs is 3. The van der Waals surface area contributed by atoms with Crippen LogP contribution < -0.4 is 10.1 Å². The second-order valence-corrected chi connectivity index (χ2v) is 10.6. The highest BCUT2D eigenvalue weighted by atomic mass is 19.1. The van der Waals surface area contributed by atoms with Gasteiger partial charge in [0, 0.05) is 42.5 Å². The van der Waals surface area contributed by atoms with E-state index in [4.69, 9.17) is 9.72 Å². The van der Waals surface area contributed by atoms with Gasteiger partial charge < -0.3 is 15.0 Å². The van der Waals surface area contributed by atoms with E-state index in [1.54, 1.807) is 28.9 Å². The molecule has 1 unspecified atom stereocenters. The van der Waals surface area contributed by atoms with Crippen LogP contribution in [0.5, 0.6) is 11.5 Å². The van der Waals surface area contributed by atoms with Crippen molar-refractivity contribution in [2.24, 2.45) is 5.92 Å². The highest BCUT2D eigenvalue weighted by molar-refractivity contribution is 5.88. The van der Waals surface area contributed by atoms with Gasteiger partial charge in [-0.1, -0.05) is 6.58 Å². The lowest BCUT2D eigenvalue weighted by Crippen LogP contribution is -2.34. The lowest BCUT2D eigenvalue weighted by Gasteiger charge is -2.23. The van der Waals surface area contributed by atoms with E-state index in [2.05, 4.69) is 31.9 Å². The second kappa shape index (κ2) is 9.92. The second-order valence-electron chi connectivity index (χ2n) is 10.6. The molecule has 1 N–H and O–H groups in total. The fraction of sp³-hybridized carbons (Fsp3) is 0.267. The molecule has 0 radical (unpaired) electrons. The molecule has 1 amide bonds. The Morgan fingerprint density at radius 2 is 2.05 bits per heavy atom. The zero-order chi connectivity index (χ0) is 28.1. The summed E-state index contributed by atoms with van der Waals surface area (Å²) in [6, 6.07) is 10.6. The quantitative estimate of drug-likeness (QED) is 0.283. The average molecular weight is 551 g/mol. The molecule has 1 saturated heterocycles. The Bertz CT molecular complexity index is 1820. The van der Waals surface area contributed by atoms with Crippen molar-refractivity contribution >= 4 is 34.1 Å². The third kappa shape index (κ3) is 4.52. The number of anilines is 2. The Kier molecular flexibility index (Phi) is 6.06. The Hall–Kier alpha value is -4.93. The minimum Gasteiger partial charge on any atom is -0.457 e. The number of pyridine rings is 2. The first-order valence-electron chi connectivity index (χ1n) is 13.6. The highest BCUT2D eigenvalue weighted by Crippen LogP contribution is 2.46. The van der Waals surface area contributed by atoms with Crippen LogP contribution in [0.2, 0.25) is 0 Å². The molecule has 1 aromatic carbocycles. The number of aryl methyl sites for hydroxylation is 1. The largest absolute Gasteiger partial charge is 0.457 e. The Morgan fingerprint density at radius 1 is 1.15 bits per heavy atom. The summed E-state index contributed by atoms with van der Waals surface area (Å²) in [7, 11) is 0. The standard InChI is InChI=1S/C30H27FN8O2/c1-3-28(40)38-8-6-18-11-19(12-25(18)38)22-4-5-23-29(36-22)30(34-15-32-23)37-24-10-17(2)26(14-21(24)31)41-20-7-9-39-27(13-20)33-16-35-39/h3-5,7,9-10,13-16,18-19,25H,1,6,8,11-12H2,2H3,(H,32,34,37)/t18-,19?,25+/m1/s1. The summed E-state index contributed by atoms with van der Waals surface area (Å²) < 4.78 is 22.9. The normalized spacial score (nSPS) is 20.0. The fourth-order valence-electron chi connectivity index (χ4n) is 6.16. The van der Waals surface area contributed by atoms with Gasteiger partial charge in [-0.3, -0.25) is 4.79 Å². The monoisotopic (exact) mass is 550 g/mol. The maximum atomic E-state index is 15.3. The summed E-state index contributed by atoms with van der Waals surface area (Å²) in [4.78, 5) is 32.1. The zero-order valence-corrected chi connectivity index (χ0v) is 22.4. The minimum atomic E-state index is -0.493. The number of nitrogens with zero attached hydrogens (tertiary/aromatic N) is 7. The number of ether oxygens (including phenoxy) is 1. The van der Waals surface area contributed by atoms with Gasteiger partial charge in [-0.2, -0.15) is 5.10 Å². The van der Waals surface area contributed by atoms with Crippen molar-refractivity contribution in [3.63, 3.8) is 0 Å². The van der Waals surface area contributed by atoms with Gasteiger partial charge in [-0.25, -0.2) is 28.8 Å². The molecule has 1 aliphatic carbocycles. The van der Waals surface area contributed by atoms with Gasteiger partial charge in [-0.05, 0) is 68.0 Å². The number of hydrogen-bond acceptors (Lipinski definition) is 8. The molecule has 10 nitrogen and oxygen atoms in total. The van der Waals surface area contributed by atoms with E-state index < -0.39 is 5.82 Å². The topological polar surface area (TPSA) is 110 Å². The molecule has 41 heavy (non-hydrogen) atoms. The van der Waals surface area contributed by atoms with E-state index in [0.717, 1.165) is 37.1 Å². The Labute approximate surface area is 234 Å². The van der Waals surface area contributed by atoms with E-state index in [9.17, 15) is 4.79 Å². The SMILES string of the molecule is C=CC(=O)N1CC[C@@H]2CC(c3ccc4ncnc(Nc5cc(C)c(Oc6ccn7ncnc7c6)cc5F)c4n3)C[C@@H]21. The number of benzene rings is 1. The van der Waals surface area contributed by atoms with E-state index in [1.807, 2.05) is 24.0 Å². The first kappa shape index (κ1) is 25.1. The van der Waals surface area contributed by atoms with Crippen LogP contribution >= 0.6 is 0 Å². The highest BCUT2D eigenvalue weighted by Gasteiger charge is 2.44. The molecule has 7 rings (SSSR count). The van der Waals surface area contributed by atoms with Gasteiger partial charge in [-0.15, -0.1) is 0 Å². The number of carbonyl (C=O) groups is 1. The molecule has 5 aromatic rings. The summed E-state index contributed by atoms with van der Waals surface area (Å²) in [5.41, 5.74) is 3.78. The Morgan fingerprint density at radius 3 is 2.93 bits per heavy atom. The van der Waals surface area contributed by atoms with E-state index in [0.29, 0.717) is 39.9 Å². The predicted molar refractivity (Wildman–Crippen MR) is 151 cm³/mol. The van der Waals surface area contributed by atoms with E-state index in [1.165, 1.54) is 24.8 Å². The van der Waals surface area contributed by atoms with E-state index in [-0.39, 0.29) is 23.6 Å². The molecule has 1 aliphatic heterocycles. The van der Waals surface area contributed by atoms with Crippen LogP contribution in [0, 0.1) is 18.7 Å². The average Bonchev–Trinajstić information content (AvgIpc) is 3.71. The van der Waals surface area contributed by atoms with Gasteiger partial charge in [0.05, 0.1) is 11.2 Å². The molecule has 0 spiro atoms. The lowest BCUT2D eigenvalue weighted by atomic mass is 9.99. The minimum absolute atomic E-state index is 0.00497. The number of likely N-dealkylation sites (tertiary alicyclic amines) is 1. The maximum absolute atomic E-state index is 15.3. The van der Waals surface area contributed by atoms with Gasteiger partial charge in [0.15, 0.2) is 11.5 Å².